The molecule has 2 aromatic rings. The number of anilines is 1. The van der Waals surface area contributed by atoms with Gasteiger partial charge in [-0.2, -0.15) is 9.97 Å². The second-order valence-electron chi connectivity index (χ2n) is 23.0. The van der Waals surface area contributed by atoms with E-state index in [1.165, 1.54) is 0 Å². The Morgan fingerprint density at radius 1 is 0.556 bits per heavy atom. The van der Waals surface area contributed by atoms with Crippen molar-refractivity contribution in [3.8, 4) is 0 Å². The Hall–Kier alpha value is -7.10. The Morgan fingerprint density at radius 2 is 1.09 bits per heavy atom. The van der Waals surface area contributed by atoms with E-state index >= 15 is 0 Å². The van der Waals surface area contributed by atoms with Crippen LogP contribution in [-0.4, -0.2) is 238 Å². The minimum atomic E-state index is -1.50. The van der Waals surface area contributed by atoms with E-state index < -0.39 is 78.3 Å². The first-order valence-corrected chi connectivity index (χ1v) is 28.5. The lowest BCUT2D eigenvalue weighted by atomic mass is 10.0. The lowest BCUT2D eigenvalue weighted by Gasteiger charge is -2.50. The number of aryl methyl sites for hydroxylation is 1. The molecular weight excluding hydrogens is 1060 g/mol. The maximum Gasteiger partial charge on any atom is 0.483 e. The van der Waals surface area contributed by atoms with Crippen LogP contribution in [0.15, 0.2) is 24.3 Å². The molecule has 7 rings (SSSR count). The molecule has 6 heterocycles. The number of amides is 3. The Kier molecular flexibility index (Phi) is 20.2. The summed E-state index contributed by atoms with van der Waals surface area (Å²) in [5.74, 6) is -7.82. The predicted octanol–water partition coefficient (Wildman–Crippen LogP) is 1.27. The van der Waals surface area contributed by atoms with E-state index in [0.717, 1.165) is 75.6 Å². The van der Waals surface area contributed by atoms with E-state index in [0.29, 0.717) is 102 Å². The van der Waals surface area contributed by atoms with Gasteiger partial charge >= 0.3 is 53.7 Å². The molecule has 8 atom stereocenters. The van der Waals surface area contributed by atoms with Crippen LogP contribution in [0.2, 0.25) is 0 Å². The van der Waals surface area contributed by atoms with Crippen LogP contribution in [0, 0.1) is 0 Å². The highest BCUT2D eigenvalue weighted by molar-refractivity contribution is 5.86. The normalized spacial score (nSPS) is 26.0. The number of carbonyl (C=O) groups is 9. The van der Waals surface area contributed by atoms with Gasteiger partial charge in [-0.1, -0.05) is 49.9 Å². The smallest absolute Gasteiger partial charge is 0.481 e. The Balaban J connectivity index is 0.901. The second-order valence-corrected chi connectivity index (χ2v) is 23.0. The van der Waals surface area contributed by atoms with Gasteiger partial charge in [-0.25, -0.2) is 38.5 Å². The van der Waals surface area contributed by atoms with Crippen molar-refractivity contribution in [1.29, 1.82) is 0 Å². The van der Waals surface area contributed by atoms with Crippen LogP contribution in [-0.2, 0) is 57.6 Å². The van der Waals surface area contributed by atoms with E-state index in [2.05, 4.69) is 20.9 Å². The van der Waals surface area contributed by atoms with Gasteiger partial charge in [0.25, 0.3) is 0 Å². The minimum absolute atomic E-state index is 0.0303. The van der Waals surface area contributed by atoms with E-state index in [4.69, 9.17) is 20.1 Å². The standard InChI is InChI=1S/C54H77N11O16/c66-44(55-21-9-8-12-40(50(77)78)56-53(81)57-41(51(79)80)19-20-45(67)68)14-7-4-2-1-3-6-13-42-58-43(60-52(59-42)61-22-10-5-11-23-61)31-38-17-15-37(16-18-38)30-39-32-64(35-48(73)74)27-26-62(33-46(69)70)24-25-63(34-47(71)72)28-29-65(39,36-49(75)76)54(62,63)64/h15-18,39-41H,1-14,19-36H2,(H6-4,55,56,57,66,67,68,69,70,71,72,73,74,75,76,77,78,79,80,81)/p+4/t39?,40-,41-,54+,62?,63?,64+,65?/m0/s1. The Labute approximate surface area is 469 Å². The van der Waals surface area contributed by atoms with Crippen molar-refractivity contribution in [2.45, 2.75) is 140 Å². The summed E-state index contributed by atoms with van der Waals surface area (Å²) >= 11 is 0. The molecule has 0 bridgehead atoms. The number of piperidine rings is 1. The number of nitrogens with one attached hydrogen (secondary N) is 3. The fourth-order valence-corrected chi connectivity index (χ4v) is 14.8. The number of carboxylic acid groups (broad SMARTS) is 7. The quantitative estimate of drug-likeness (QED) is 0.0348. The summed E-state index contributed by atoms with van der Waals surface area (Å²) in [5, 5.41) is 76.7. The molecule has 0 saturated carbocycles. The molecule has 0 aliphatic carbocycles. The van der Waals surface area contributed by atoms with Gasteiger partial charge in [0.05, 0.1) is 0 Å². The van der Waals surface area contributed by atoms with Gasteiger partial charge in [-0.05, 0) is 68.9 Å². The number of aromatic nitrogens is 3. The van der Waals surface area contributed by atoms with Gasteiger partial charge in [0.1, 0.15) is 69.5 Å². The molecule has 1 aromatic heterocycles. The maximum absolute atomic E-state index is 13.1. The molecule has 81 heavy (non-hydrogen) atoms. The molecule has 444 valence electrons. The third-order valence-corrected chi connectivity index (χ3v) is 17.7. The van der Waals surface area contributed by atoms with Crippen molar-refractivity contribution in [3.63, 3.8) is 0 Å². The summed E-state index contributed by atoms with van der Waals surface area (Å²) in [6.45, 7) is 2.67. The largest absolute Gasteiger partial charge is 0.483 e. The topological polar surface area (TPSA) is 373 Å². The molecule has 5 saturated heterocycles. The Morgan fingerprint density at radius 3 is 1.68 bits per heavy atom. The summed E-state index contributed by atoms with van der Waals surface area (Å²) in [6.07, 6.45) is 10.3. The number of hydrogen-bond acceptors (Lipinski definition) is 13. The molecule has 5 aliphatic heterocycles. The molecule has 27 nitrogen and oxygen atoms in total. The number of benzene rings is 1. The third kappa shape index (κ3) is 13.8. The first kappa shape index (κ1) is 61.5. The van der Waals surface area contributed by atoms with Crippen LogP contribution in [0.3, 0.4) is 0 Å². The molecule has 0 radical (unpaired) electrons. The number of carbonyl (C=O) groups excluding carboxylic acids is 2. The van der Waals surface area contributed by atoms with Crippen LogP contribution in [0.5, 0.6) is 0 Å². The number of rotatable bonds is 34. The fraction of sp³-hybridized carbons (Fsp3) is 0.667. The molecule has 5 aliphatic rings. The zero-order valence-electron chi connectivity index (χ0n) is 46.1. The molecular formula is C54H81N11O16+4. The molecule has 1 spiro atoms. The lowest BCUT2D eigenvalue weighted by Crippen LogP contribution is -2.86. The van der Waals surface area contributed by atoms with Crippen molar-refractivity contribution in [1.82, 2.24) is 30.9 Å². The lowest BCUT2D eigenvalue weighted by molar-refractivity contribution is -1.36. The monoisotopic (exact) mass is 1140 g/mol. The van der Waals surface area contributed by atoms with Gasteiger partial charge in [-0.3, -0.25) is 9.59 Å². The predicted molar refractivity (Wildman–Crippen MR) is 285 cm³/mol. The first-order valence-electron chi connectivity index (χ1n) is 28.5. The average Bonchev–Trinajstić information content (AvgIpc) is 2.40. The average molecular weight is 1140 g/mol. The second kappa shape index (κ2) is 26.7. The number of aliphatic carboxylic acids is 7. The zero-order chi connectivity index (χ0) is 58.6. The molecule has 5 fully saturated rings. The number of urea groups is 1. The maximum atomic E-state index is 13.1. The van der Waals surface area contributed by atoms with E-state index in [1.807, 2.05) is 24.3 Å². The van der Waals surface area contributed by atoms with Crippen molar-refractivity contribution < 1.29 is 96.8 Å². The molecule has 27 heteroatoms. The van der Waals surface area contributed by atoms with E-state index in [9.17, 15) is 73.8 Å². The number of unbranched alkanes of at least 4 members (excludes halogenated alkanes) is 6. The number of quaternary nitrogens is 4. The van der Waals surface area contributed by atoms with Crippen molar-refractivity contribution in [2.24, 2.45) is 0 Å². The molecule has 10 N–H and O–H groups in total. The summed E-state index contributed by atoms with van der Waals surface area (Å²) in [6, 6.07) is 3.70. The van der Waals surface area contributed by atoms with Gasteiger partial charge in [0, 0.05) is 51.7 Å². The van der Waals surface area contributed by atoms with Crippen molar-refractivity contribution >= 4 is 59.7 Å². The van der Waals surface area contributed by atoms with Gasteiger partial charge in [0.15, 0.2) is 32.2 Å². The van der Waals surface area contributed by atoms with Crippen LogP contribution < -0.4 is 20.9 Å². The SMILES string of the molecule is O=C(O)CC[C@H](NC(=O)N[C@@H](CCCCNC(=O)CCCCCCCCc1nc(Cc2ccc(CC3C[N@@+]4(CC(=O)O)CC[N+]5(CC(=O)O)CC[N+]6(CC(=O)O)CC[N+]3(CC(=O)O)[C@@]654)cc2)nc(N2CCCCC2)n1)C(=O)O)C(=O)O. The van der Waals surface area contributed by atoms with Crippen molar-refractivity contribution in [2.75, 3.05) is 96.5 Å². The highest BCUT2D eigenvalue weighted by Crippen LogP contribution is 2.64. The Bertz CT molecular complexity index is 2630. The number of carboxylic acids is 7. The van der Waals surface area contributed by atoms with Gasteiger partial charge in [-0.15, -0.1) is 17.9 Å². The fourth-order valence-electron chi connectivity index (χ4n) is 14.8. The van der Waals surface area contributed by atoms with E-state index in [1.54, 1.807) is 0 Å². The summed E-state index contributed by atoms with van der Waals surface area (Å²) in [5.41, 5.74) is 1.85. The van der Waals surface area contributed by atoms with Crippen molar-refractivity contribution in [3.05, 3.63) is 47.0 Å². The first-order chi connectivity index (χ1) is 38.6. The van der Waals surface area contributed by atoms with Gasteiger partial charge in [0.2, 0.25) is 11.9 Å². The summed E-state index contributed by atoms with van der Waals surface area (Å²) in [4.78, 5) is 127. The molecule has 4 unspecified atom stereocenters. The highest BCUT2D eigenvalue weighted by atomic mass is 16.4. The number of hydrogen-bond donors (Lipinski definition) is 10. The van der Waals surface area contributed by atoms with Crippen LogP contribution in [0.1, 0.15) is 119 Å². The van der Waals surface area contributed by atoms with Gasteiger partial charge < -0.3 is 56.6 Å². The van der Waals surface area contributed by atoms with Crippen LogP contribution in [0.4, 0.5) is 10.7 Å². The summed E-state index contributed by atoms with van der Waals surface area (Å²) in [7, 11) is 0. The minimum Gasteiger partial charge on any atom is -0.481 e. The molecule has 1 aromatic carbocycles. The number of nitrogens with zero attached hydrogens (tertiary/aromatic N) is 8. The van der Waals surface area contributed by atoms with Crippen LogP contribution >= 0.6 is 0 Å². The van der Waals surface area contributed by atoms with E-state index in [-0.39, 0.29) is 75.9 Å². The summed E-state index contributed by atoms with van der Waals surface area (Å²) < 4.78 is -0.243. The van der Waals surface area contributed by atoms with Crippen LogP contribution in [0.25, 0.3) is 0 Å². The zero-order valence-corrected chi connectivity index (χ0v) is 46.1. The third-order valence-electron chi connectivity index (χ3n) is 17.7. The molecule has 3 amide bonds. The highest BCUT2D eigenvalue weighted by Gasteiger charge is 3.01.